The zero-order valence-electron chi connectivity index (χ0n) is 12.7. The minimum atomic E-state index is -0.0764. The monoisotopic (exact) mass is 324 g/mol. The van der Waals surface area contributed by atoms with E-state index in [9.17, 15) is 4.79 Å². The molecule has 0 aliphatic heterocycles. The zero-order chi connectivity index (χ0) is 16.1. The van der Waals surface area contributed by atoms with Gasteiger partial charge in [0.2, 0.25) is 5.91 Å². The summed E-state index contributed by atoms with van der Waals surface area (Å²) < 4.78 is 5.24. The third kappa shape index (κ3) is 3.63. The number of carbonyl (C=O) groups is 1. The summed E-state index contributed by atoms with van der Waals surface area (Å²) in [5.41, 5.74) is 1.60. The predicted octanol–water partition coefficient (Wildman–Crippen LogP) is 3.97. The fourth-order valence-corrected chi connectivity index (χ4v) is 3.11. The van der Waals surface area contributed by atoms with Gasteiger partial charge in [0.15, 0.2) is 0 Å². The summed E-state index contributed by atoms with van der Waals surface area (Å²) in [6.45, 7) is 0. The molecule has 3 rings (SSSR count). The maximum absolute atomic E-state index is 12.2. The third-order valence-corrected chi connectivity index (χ3v) is 4.38. The molecule has 0 saturated heterocycles. The molecule has 0 spiro atoms. The number of methoxy groups -OCH3 is 1. The van der Waals surface area contributed by atoms with Crippen molar-refractivity contribution in [3.8, 4) is 5.75 Å². The van der Waals surface area contributed by atoms with Gasteiger partial charge in [0.1, 0.15) is 5.75 Å². The number of para-hydroxylation sites is 3. The first kappa shape index (κ1) is 15.4. The van der Waals surface area contributed by atoms with Crippen LogP contribution >= 0.6 is 11.8 Å². The van der Waals surface area contributed by atoms with Crippen molar-refractivity contribution in [1.82, 2.24) is 4.98 Å². The second-order valence-electron chi connectivity index (χ2n) is 4.87. The van der Waals surface area contributed by atoms with Crippen LogP contribution in [0.25, 0.3) is 10.9 Å². The average molecular weight is 324 g/mol. The number of hydrogen-bond acceptors (Lipinski definition) is 4. The Bertz CT molecular complexity index is 831. The molecule has 0 unspecified atom stereocenters. The number of nitrogens with zero attached hydrogens (tertiary/aromatic N) is 1. The van der Waals surface area contributed by atoms with E-state index in [4.69, 9.17) is 4.74 Å². The lowest BCUT2D eigenvalue weighted by Gasteiger charge is -2.10. The van der Waals surface area contributed by atoms with Crippen LogP contribution in [0.2, 0.25) is 0 Å². The lowest BCUT2D eigenvalue weighted by molar-refractivity contribution is -0.113. The molecular weight excluding hydrogens is 308 g/mol. The lowest BCUT2D eigenvalue weighted by Crippen LogP contribution is -2.14. The number of pyridine rings is 1. The number of carbonyl (C=O) groups excluding carboxylic acids is 1. The maximum atomic E-state index is 12.2. The molecule has 0 bridgehead atoms. The van der Waals surface area contributed by atoms with E-state index >= 15 is 0 Å². The smallest absolute Gasteiger partial charge is 0.234 e. The number of anilines is 1. The van der Waals surface area contributed by atoms with Crippen LogP contribution in [0.1, 0.15) is 0 Å². The fraction of sp³-hybridized carbons (Fsp3) is 0.111. The number of nitrogens with one attached hydrogen (secondary N) is 1. The highest BCUT2D eigenvalue weighted by molar-refractivity contribution is 8.00. The first-order valence-electron chi connectivity index (χ1n) is 7.17. The van der Waals surface area contributed by atoms with E-state index < -0.39 is 0 Å². The molecule has 1 amide bonds. The maximum Gasteiger partial charge on any atom is 0.234 e. The van der Waals surface area contributed by atoms with Crippen LogP contribution in [0.3, 0.4) is 0 Å². The molecule has 0 aliphatic carbocycles. The third-order valence-electron chi connectivity index (χ3n) is 3.34. The van der Waals surface area contributed by atoms with Gasteiger partial charge in [-0.2, -0.15) is 0 Å². The van der Waals surface area contributed by atoms with Crippen LogP contribution in [0.15, 0.2) is 65.7 Å². The van der Waals surface area contributed by atoms with Crippen LogP contribution in [0.4, 0.5) is 5.69 Å². The van der Waals surface area contributed by atoms with Gasteiger partial charge in [0, 0.05) is 16.5 Å². The van der Waals surface area contributed by atoms with Crippen LogP contribution in [-0.4, -0.2) is 23.8 Å². The molecule has 2 aromatic carbocycles. The van der Waals surface area contributed by atoms with E-state index in [2.05, 4.69) is 10.3 Å². The van der Waals surface area contributed by atoms with Crippen molar-refractivity contribution in [2.45, 2.75) is 4.90 Å². The number of hydrogen-bond donors (Lipinski definition) is 1. The molecule has 0 fully saturated rings. The lowest BCUT2D eigenvalue weighted by atomic mass is 10.2. The summed E-state index contributed by atoms with van der Waals surface area (Å²) >= 11 is 1.48. The van der Waals surface area contributed by atoms with Crippen LogP contribution in [0.5, 0.6) is 5.75 Å². The van der Waals surface area contributed by atoms with Crippen molar-refractivity contribution >= 4 is 34.3 Å². The molecule has 0 atom stereocenters. The Morgan fingerprint density at radius 3 is 2.83 bits per heavy atom. The number of amides is 1. The zero-order valence-corrected chi connectivity index (χ0v) is 13.5. The first-order chi connectivity index (χ1) is 11.3. The van der Waals surface area contributed by atoms with Crippen molar-refractivity contribution < 1.29 is 9.53 Å². The fourth-order valence-electron chi connectivity index (χ4n) is 2.27. The molecule has 3 aromatic rings. The van der Waals surface area contributed by atoms with Crippen molar-refractivity contribution in [3.05, 3.63) is 60.8 Å². The van der Waals surface area contributed by atoms with E-state index in [1.165, 1.54) is 11.8 Å². The van der Waals surface area contributed by atoms with Gasteiger partial charge in [-0.15, -0.1) is 11.8 Å². The summed E-state index contributed by atoms with van der Waals surface area (Å²) in [6.07, 6.45) is 1.77. The molecule has 23 heavy (non-hydrogen) atoms. The predicted molar refractivity (Wildman–Crippen MR) is 94.1 cm³/mol. The van der Waals surface area contributed by atoms with E-state index in [1.54, 1.807) is 13.3 Å². The van der Waals surface area contributed by atoms with Crippen molar-refractivity contribution in [2.24, 2.45) is 0 Å². The topological polar surface area (TPSA) is 51.2 Å². The molecule has 116 valence electrons. The summed E-state index contributed by atoms with van der Waals surface area (Å²) in [7, 11) is 1.58. The Hall–Kier alpha value is -2.53. The number of benzene rings is 2. The number of ether oxygens (including phenoxy) is 1. The summed E-state index contributed by atoms with van der Waals surface area (Å²) in [5.74, 6) is 0.887. The summed E-state index contributed by atoms with van der Waals surface area (Å²) in [4.78, 5) is 17.6. The number of thioether (sulfide) groups is 1. The van der Waals surface area contributed by atoms with E-state index in [1.807, 2.05) is 54.6 Å². The van der Waals surface area contributed by atoms with E-state index in [0.717, 1.165) is 15.8 Å². The SMILES string of the molecule is COc1ccccc1NC(=O)CSc1cccc2cccnc12. The normalized spacial score (nSPS) is 10.5. The minimum Gasteiger partial charge on any atom is -0.495 e. The van der Waals surface area contributed by atoms with Gasteiger partial charge in [0.25, 0.3) is 0 Å². The Morgan fingerprint density at radius 2 is 1.96 bits per heavy atom. The molecule has 4 nitrogen and oxygen atoms in total. The highest BCUT2D eigenvalue weighted by atomic mass is 32.2. The summed E-state index contributed by atoms with van der Waals surface area (Å²) in [6, 6.07) is 17.3. The highest BCUT2D eigenvalue weighted by Gasteiger charge is 2.09. The van der Waals surface area contributed by atoms with Gasteiger partial charge in [-0.05, 0) is 24.3 Å². The molecule has 5 heteroatoms. The Kier molecular flexibility index (Phi) is 4.78. The van der Waals surface area contributed by atoms with Crippen LogP contribution in [-0.2, 0) is 4.79 Å². The Labute approximate surface area is 138 Å². The van der Waals surface area contributed by atoms with Crippen LogP contribution in [0, 0.1) is 0 Å². The van der Waals surface area contributed by atoms with Gasteiger partial charge >= 0.3 is 0 Å². The van der Waals surface area contributed by atoms with Gasteiger partial charge in [0.05, 0.1) is 24.1 Å². The van der Waals surface area contributed by atoms with Crippen molar-refractivity contribution in [1.29, 1.82) is 0 Å². The molecule has 1 heterocycles. The Morgan fingerprint density at radius 1 is 1.13 bits per heavy atom. The van der Waals surface area contributed by atoms with Gasteiger partial charge in [-0.25, -0.2) is 0 Å². The molecule has 0 radical (unpaired) electrons. The van der Waals surface area contributed by atoms with E-state index in [0.29, 0.717) is 17.2 Å². The first-order valence-corrected chi connectivity index (χ1v) is 8.16. The summed E-state index contributed by atoms with van der Waals surface area (Å²) in [5, 5.41) is 3.95. The Balaban J connectivity index is 1.69. The standard InChI is InChI=1S/C18H16N2O2S/c1-22-15-9-3-2-8-14(15)20-17(21)12-23-16-10-4-6-13-7-5-11-19-18(13)16/h2-11H,12H2,1H3,(H,20,21). The minimum absolute atomic E-state index is 0.0764. The molecule has 0 saturated carbocycles. The number of aromatic nitrogens is 1. The van der Waals surface area contributed by atoms with Crippen molar-refractivity contribution in [2.75, 3.05) is 18.2 Å². The van der Waals surface area contributed by atoms with Gasteiger partial charge < -0.3 is 10.1 Å². The number of fused-ring (bicyclic) bond motifs is 1. The molecule has 1 aromatic heterocycles. The second kappa shape index (κ2) is 7.15. The molecule has 1 N–H and O–H groups in total. The van der Waals surface area contributed by atoms with Gasteiger partial charge in [-0.1, -0.05) is 30.3 Å². The second-order valence-corrected chi connectivity index (χ2v) is 5.89. The quantitative estimate of drug-likeness (QED) is 0.721. The number of rotatable bonds is 5. The van der Waals surface area contributed by atoms with Crippen LogP contribution < -0.4 is 10.1 Å². The largest absolute Gasteiger partial charge is 0.495 e. The van der Waals surface area contributed by atoms with Gasteiger partial charge in [-0.3, -0.25) is 9.78 Å². The van der Waals surface area contributed by atoms with Crippen molar-refractivity contribution in [3.63, 3.8) is 0 Å². The molecular formula is C18H16N2O2S. The molecule has 0 aliphatic rings. The average Bonchev–Trinajstić information content (AvgIpc) is 2.60. The van der Waals surface area contributed by atoms with E-state index in [-0.39, 0.29) is 5.91 Å². The highest BCUT2D eigenvalue weighted by Crippen LogP contribution is 2.27.